The molecule has 214 valence electrons. The molecule has 3 rings (SSSR count). The Kier molecular flexibility index (Phi) is 19.1. The molecular formula is C32H61N5. The molecule has 1 aromatic carbocycles. The summed E-state index contributed by atoms with van der Waals surface area (Å²) in [4.78, 5) is 5.37. The Balaban J connectivity index is 0.00000481. The van der Waals surface area contributed by atoms with Crippen LogP contribution in [0, 0.1) is 0 Å². The third-order valence-electron chi connectivity index (χ3n) is 7.88. The molecule has 2 saturated heterocycles. The SMILES string of the molecule is C.c1cc(CN2CCCCCCNCCCNCC2)ccc1CN1CCCCCCCCCNCCC1. The van der Waals surface area contributed by atoms with Crippen molar-refractivity contribution in [3.05, 3.63) is 35.4 Å². The first-order valence-electron chi connectivity index (χ1n) is 15.5. The van der Waals surface area contributed by atoms with Crippen LogP contribution in [0.3, 0.4) is 0 Å². The van der Waals surface area contributed by atoms with Gasteiger partial charge in [0.25, 0.3) is 0 Å². The molecule has 0 bridgehead atoms. The Bertz CT molecular complexity index is 552. The van der Waals surface area contributed by atoms with E-state index in [-0.39, 0.29) is 7.43 Å². The summed E-state index contributed by atoms with van der Waals surface area (Å²) in [6.07, 6.45) is 17.6. The first kappa shape index (κ1) is 32.2. The van der Waals surface area contributed by atoms with Crippen LogP contribution in [-0.2, 0) is 13.1 Å². The van der Waals surface area contributed by atoms with Crippen LogP contribution >= 0.6 is 0 Å². The topological polar surface area (TPSA) is 42.6 Å². The Morgan fingerprint density at radius 1 is 0.405 bits per heavy atom. The molecular weight excluding hydrogens is 454 g/mol. The van der Waals surface area contributed by atoms with E-state index >= 15 is 0 Å². The summed E-state index contributed by atoms with van der Waals surface area (Å²) in [6, 6.07) is 9.58. The van der Waals surface area contributed by atoms with Crippen molar-refractivity contribution in [3.63, 3.8) is 0 Å². The number of benzene rings is 1. The maximum atomic E-state index is 3.66. The fraction of sp³-hybridized carbons (Fsp3) is 0.812. The van der Waals surface area contributed by atoms with Gasteiger partial charge in [0.1, 0.15) is 0 Å². The summed E-state index contributed by atoms with van der Waals surface area (Å²) in [5.74, 6) is 0. The Labute approximate surface area is 230 Å². The van der Waals surface area contributed by atoms with Gasteiger partial charge in [0.2, 0.25) is 0 Å². The maximum absolute atomic E-state index is 3.66. The van der Waals surface area contributed by atoms with Gasteiger partial charge in [-0.05, 0) is 102 Å². The molecule has 1 aromatic rings. The lowest BCUT2D eigenvalue weighted by Gasteiger charge is -2.24. The van der Waals surface area contributed by atoms with E-state index in [1.54, 1.807) is 0 Å². The van der Waals surface area contributed by atoms with Crippen LogP contribution in [0.15, 0.2) is 24.3 Å². The van der Waals surface area contributed by atoms with Crippen molar-refractivity contribution in [1.82, 2.24) is 25.8 Å². The second-order valence-electron chi connectivity index (χ2n) is 11.2. The standard InChI is InChI=1S/C31H57N5.CH4/c1-2-4-8-19-33-22-13-26-35(24-10-6-3-1)28-30-14-16-31(17-15-30)29-36-25-11-7-5-9-18-32-20-12-21-34-23-27-36;/h14-17,32-34H,1-13,18-29H2;1H4. The van der Waals surface area contributed by atoms with Crippen molar-refractivity contribution in [3.8, 4) is 0 Å². The zero-order valence-corrected chi connectivity index (χ0v) is 23.4. The van der Waals surface area contributed by atoms with E-state index in [0.29, 0.717) is 0 Å². The fourth-order valence-corrected chi connectivity index (χ4v) is 5.59. The Hall–Kier alpha value is -0.980. The third kappa shape index (κ3) is 15.9. The van der Waals surface area contributed by atoms with Gasteiger partial charge in [-0.25, -0.2) is 0 Å². The monoisotopic (exact) mass is 515 g/mol. The zero-order valence-electron chi connectivity index (χ0n) is 23.4. The summed E-state index contributed by atoms with van der Waals surface area (Å²) in [5, 5.41) is 10.9. The van der Waals surface area contributed by atoms with Crippen LogP contribution in [0.1, 0.15) is 102 Å². The largest absolute Gasteiger partial charge is 0.317 e. The first-order valence-corrected chi connectivity index (χ1v) is 15.5. The zero-order chi connectivity index (χ0) is 24.9. The highest BCUT2D eigenvalue weighted by atomic mass is 15.1. The first-order chi connectivity index (χ1) is 17.9. The van der Waals surface area contributed by atoms with E-state index < -0.39 is 0 Å². The van der Waals surface area contributed by atoms with Crippen LogP contribution in [0.4, 0.5) is 0 Å². The maximum Gasteiger partial charge on any atom is 0.0234 e. The summed E-state index contributed by atoms with van der Waals surface area (Å²) in [7, 11) is 0. The van der Waals surface area contributed by atoms with Gasteiger partial charge in [0, 0.05) is 26.2 Å². The van der Waals surface area contributed by atoms with Gasteiger partial charge in [0.05, 0.1) is 0 Å². The van der Waals surface area contributed by atoms with E-state index in [0.717, 1.165) is 45.8 Å². The van der Waals surface area contributed by atoms with Gasteiger partial charge in [-0.1, -0.05) is 76.6 Å². The molecule has 0 aromatic heterocycles. The van der Waals surface area contributed by atoms with Gasteiger partial charge in [-0.15, -0.1) is 0 Å². The second-order valence-corrected chi connectivity index (χ2v) is 11.2. The van der Waals surface area contributed by atoms with Crippen molar-refractivity contribution in [1.29, 1.82) is 0 Å². The van der Waals surface area contributed by atoms with Crippen molar-refractivity contribution in [2.45, 2.75) is 104 Å². The summed E-state index contributed by atoms with van der Waals surface area (Å²) < 4.78 is 0. The molecule has 0 aliphatic carbocycles. The fourth-order valence-electron chi connectivity index (χ4n) is 5.59. The smallest absolute Gasteiger partial charge is 0.0234 e. The lowest BCUT2D eigenvalue weighted by Crippen LogP contribution is -2.34. The number of rotatable bonds is 4. The van der Waals surface area contributed by atoms with Gasteiger partial charge in [-0.2, -0.15) is 0 Å². The van der Waals surface area contributed by atoms with Crippen LogP contribution in [-0.4, -0.2) is 75.2 Å². The lowest BCUT2D eigenvalue weighted by molar-refractivity contribution is 0.253. The van der Waals surface area contributed by atoms with E-state index in [9.17, 15) is 0 Å². The molecule has 0 atom stereocenters. The van der Waals surface area contributed by atoms with Gasteiger partial charge in [-0.3, -0.25) is 9.80 Å². The van der Waals surface area contributed by atoms with E-state index in [1.165, 1.54) is 127 Å². The molecule has 0 saturated carbocycles. The van der Waals surface area contributed by atoms with Crippen molar-refractivity contribution >= 4 is 0 Å². The predicted octanol–water partition coefficient (Wildman–Crippen LogP) is 5.79. The minimum absolute atomic E-state index is 0. The quantitative estimate of drug-likeness (QED) is 0.473. The van der Waals surface area contributed by atoms with Gasteiger partial charge < -0.3 is 16.0 Å². The molecule has 0 unspecified atom stereocenters. The Morgan fingerprint density at radius 2 is 0.784 bits per heavy atom. The highest BCUT2D eigenvalue weighted by molar-refractivity contribution is 5.22. The Morgan fingerprint density at radius 3 is 1.35 bits per heavy atom. The van der Waals surface area contributed by atoms with Crippen molar-refractivity contribution < 1.29 is 0 Å². The van der Waals surface area contributed by atoms with Crippen molar-refractivity contribution in [2.75, 3.05) is 65.4 Å². The minimum atomic E-state index is 0. The van der Waals surface area contributed by atoms with E-state index in [1.807, 2.05) is 0 Å². The van der Waals surface area contributed by atoms with Crippen LogP contribution < -0.4 is 16.0 Å². The van der Waals surface area contributed by atoms with E-state index in [4.69, 9.17) is 0 Å². The second kappa shape index (κ2) is 21.9. The molecule has 3 N–H and O–H groups in total. The molecule has 2 fully saturated rings. The third-order valence-corrected chi connectivity index (χ3v) is 7.88. The van der Waals surface area contributed by atoms with Crippen molar-refractivity contribution in [2.24, 2.45) is 0 Å². The summed E-state index contributed by atoms with van der Waals surface area (Å²) >= 11 is 0. The summed E-state index contributed by atoms with van der Waals surface area (Å²) in [6.45, 7) is 13.9. The number of nitrogens with one attached hydrogen (secondary N) is 3. The van der Waals surface area contributed by atoms with Gasteiger partial charge >= 0.3 is 0 Å². The molecule has 0 amide bonds. The van der Waals surface area contributed by atoms with E-state index in [2.05, 4.69) is 50.0 Å². The average Bonchev–Trinajstić information content (AvgIpc) is 2.89. The van der Waals surface area contributed by atoms with Crippen LogP contribution in [0.25, 0.3) is 0 Å². The highest BCUT2D eigenvalue weighted by Crippen LogP contribution is 2.14. The molecule has 2 aliphatic heterocycles. The number of nitrogens with zero attached hydrogens (tertiary/aromatic N) is 2. The molecule has 5 heteroatoms. The molecule has 0 radical (unpaired) electrons. The molecule has 2 aliphatic rings. The molecule has 2 heterocycles. The molecule has 0 spiro atoms. The molecule has 37 heavy (non-hydrogen) atoms. The minimum Gasteiger partial charge on any atom is -0.317 e. The predicted molar refractivity (Wildman–Crippen MR) is 162 cm³/mol. The normalized spacial score (nSPS) is 22.3. The number of hydrogen-bond acceptors (Lipinski definition) is 5. The molecule has 5 nitrogen and oxygen atoms in total. The van der Waals surface area contributed by atoms with Gasteiger partial charge in [0.15, 0.2) is 0 Å². The lowest BCUT2D eigenvalue weighted by atomic mass is 10.1. The summed E-state index contributed by atoms with van der Waals surface area (Å²) in [5.41, 5.74) is 2.94. The average molecular weight is 516 g/mol. The highest BCUT2D eigenvalue weighted by Gasteiger charge is 2.09. The number of hydrogen-bond donors (Lipinski definition) is 3. The van der Waals surface area contributed by atoms with Crippen LogP contribution in [0.2, 0.25) is 0 Å². The van der Waals surface area contributed by atoms with Crippen LogP contribution in [0.5, 0.6) is 0 Å².